The smallest absolute Gasteiger partial charge is 0.244 e. The molecule has 2 aromatic carbocycles. The zero-order chi connectivity index (χ0) is 23.2. The first-order chi connectivity index (χ1) is 15.8. The van der Waals surface area contributed by atoms with E-state index in [1.165, 1.54) is 11.2 Å². The zero-order valence-corrected chi connectivity index (χ0v) is 19.4. The summed E-state index contributed by atoms with van der Waals surface area (Å²) >= 11 is 0. The first kappa shape index (κ1) is 21.9. The molecule has 2 aliphatic rings. The summed E-state index contributed by atoms with van der Waals surface area (Å²) in [6, 6.07) is 15.1. The third-order valence-corrected chi connectivity index (χ3v) is 8.37. The van der Waals surface area contributed by atoms with Gasteiger partial charge in [-0.15, -0.1) is 0 Å². The van der Waals surface area contributed by atoms with E-state index in [0.29, 0.717) is 39.0 Å². The Labute approximate surface area is 193 Å². The van der Waals surface area contributed by atoms with Gasteiger partial charge < -0.3 is 19.9 Å². The summed E-state index contributed by atoms with van der Waals surface area (Å²) in [6.45, 7) is 3.70. The SMILES string of the molecule is CC(=O)N1CCCN(S(=O)(=O)c2ccc(N3CC[C@H](O)C3)c(-c3cc4ccccc4[nH]3)c2)C1. The van der Waals surface area contributed by atoms with Crippen molar-refractivity contribution in [1.29, 1.82) is 0 Å². The number of para-hydroxylation sites is 1. The van der Waals surface area contributed by atoms with Gasteiger partial charge in [0, 0.05) is 61.0 Å². The van der Waals surface area contributed by atoms with Crippen LogP contribution in [0, 0.1) is 0 Å². The lowest BCUT2D eigenvalue weighted by molar-refractivity contribution is -0.131. The van der Waals surface area contributed by atoms with Crippen molar-refractivity contribution in [3.05, 3.63) is 48.5 Å². The fourth-order valence-corrected chi connectivity index (χ4v) is 6.18. The number of carbonyl (C=O) groups excluding carboxylic acids is 1. The molecule has 3 aromatic rings. The molecule has 0 aliphatic carbocycles. The Kier molecular flexibility index (Phi) is 5.64. The maximum Gasteiger partial charge on any atom is 0.244 e. The van der Waals surface area contributed by atoms with E-state index in [1.807, 2.05) is 36.4 Å². The summed E-state index contributed by atoms with van der Waals surface area (Å²) in [7, 11) is -3.78. The molecule has 0 spiro atoms. The molecular weight excluding hydrogens is 440 g/mol. The molecule has 2 saturated heterocycles. The molecule has 9 heteroatoms. The predicted octanol–water partition coefficient (Wildman–Crippen LogP) is 2.61. The van der Waals surface area contributed by atoms with Gasteiger partial charge in [-0.3, -0.25) is 4.79 Å². The fraction of sp³-hybridized carbons (Fsp3) is 0.375. The van der Waals surface area contributed by atoms with Crippen LogP contribution in [0.4, 0.5) is 5.69 Å². The average Bonchev–Trinajstić information content (AvgIpc) is 3.45. The lowest BCUT2D eigenvalue weighted by atomic mass is 10.1. The molecule has 174 valence electrons. The van der Waals surface area contributed by atoms with E-state index in [0.717, 1.165) is 27.8 Å². The quantitative estimate of drug-likeness (QED) is 0.614. The van der Waals surface area contributed by atoms with Crippen molar-refractivity contribution >= 4 is 32.5 Å². The summed E-state index contributed by atoms with van der Waals surface area (Å²) in [5.41, 5.74) is 3.47. The van der Waals surface area contributed by atoms with Gasteiger partial charge in [-0.25, -0.2) is 8.42 Å². The lowest BCUT2D eigenvalue weighted by Gasteiger charge is -2.34. The molecule has 5 rings (SSSR count). The Hall–Kier alpha value is -2.88. The number of aliphatic hydroxyl groups is 1. The van der Waals surface area contributed by atoms with Crippen LogP contribution in [-0.2, 0) is 14.8 Å². The second kappa shape index (κ2) is 8.48. The molecule has 0 saturated carbocycles. The topological polar surface area (TPSA) is 97.0 Å². The van der Waals surface area contributed by atoms with Crippen molar-refractivity contribution in [3.8, 4) is 11.3 Å². The molecule has 2 fully saturated rings. The van der Waals surface area contributed by atoms with E-state index >= 15 is 0 Å². The van der Waals surface area contributed by atoms with Crippen molar-refractivity contribution in [1.82, 2.24) is 14.2 Å². The van der Waals surface area contributed by atoms with E-state index in [2.05, 4.69) is 9.88 Å². The maximum atomic E-state index is 13.5. The van der Waals surface area contributed by atoms with Crippen LogP contribution in [-0.4, -0.2) is 72.6 Å². The Bertz CT molecular complexity index is 1270. The summed E-state index contributed by atoms with van der Waals surface area (Å²) in [5, 5.41) is 11.1. The average molecular weight is 469 g/mol. The number of nitrogens with one attached hydrogen (secondary N) is 1. The Morgan fingerprint density at radius 3 is 2.64 bits per heavy atom. The third kappa shape index (κ3) is 4.12. The highest BCUT2D eigenvalue weighted by atomic mass is 32.2. The van der Waals surface area contributed by atoms with Gasteiger partial charge in [-0.1, -0.05) is 18.2 Å². The zero-order valence-electron chi connectivity index (χ0n) is 18.6. The number of carbonyl (C=O) groups is 1. The molecule has 1 atom stereocenters. The highest BCUT2D eigenvalue weighted by Crippen LogP contribution is 2.36. The normalized spacial score (nSPS) is 20.0. The van der Waals surface area contributed by atoms with E-state index in [-0.39, 0.29) is 17.5 Å². The van der Waals surface area contributed by atoms with Gasteiger partial charge in [0.1, 0.15) is 0 Å². The van der Waals surface area contributed by atoms with Gasteiger partial charge >= 0.3 is 0 Å². The van der Waals surface area contributed by atoms with E-state index in [9.17, 15) is 18.3 Å². The standard InChI is InChI=1S/C24H28N4O4S/c1-17(29)27-10-4-11-28(16-27)33(31,32)20-7-8-24(26-12-9-19(30)15-26)21(14-20)23-13-18-5-2-3-6-22(18)25-23/h2-3,5-8,13-14,19,25,30H,4,9-12,15-16H2,1H3/t19-/m0/s1. The molecule has 8 nitrogen and oxygen atoms in total. The number of aliphatic hydroxyl groups excluding tert-OH is 1. The number of H-pyrrole nitrogens is 1. The number of nitrogens with zero attached hydrogens (tertiary/aromatic N) is 3. The molecule has 33 heavy (non-hydrogen) atoms. The number of rotatable bonds is 4. The molecule has 1 aromatic heterocycles. The summed E-state index contributed by atoms with van der Waals surface area (Å²) in [4.78, 5) is 19.1. The predicted molar refractivity (Wildman–Crippen MR) is 127 cm³/mol. The van der Waals surface area contributed by atoms with Gasteiger partial charge in [0.25, 0.3) is 0 Å². The number of β-amino-alcohol motifs (C(OH)–C–C–N with tert-alkyl or cyclic N) is 1. The molecule has 3 heterocycles. The van der Waals surface area contributed by atoms with Gasteiger partial charge in [-0.05, 0) is 43.2 Å². The van der Waals surface area contributed by atoms with Crippen LogP contribution in [0.5, 0.6) is 0 Å². The summed E-state index contributed by atoms with van der Waals surface area (Å²) < 4.78 is 28.4. The van der Waals surface area contributed by atoms with E-state index in [4.69, 9.17) is 0 Å². The Morgan fingerprint density at radius 1 is 1.09 bits per heavy atom. The second-order valence-electron chi connectivity index (χ2n) is 8.80. The van der Waals surface area contributed by atoms with Gasteiger partial charge in [-0.2, -0.15) is 4.31 Å². The number of hydrogen-bond donors (Lipinski definition) is 2. The molecule has 0 radical (unpaired) electrons. The van der Waals surface area contributed by atoms with E-state index in [1.54, 1.807) is 17.0 Å². The number of aromatic nitrogens is 1. The number of hydrogen-bond acceptors (Lipinski definition) is 5. The van der Waals surface area contributed by atoms with Crippen LogP contribution in [0.3, 0.4) is 0 Å². The minimum Gasteiger partial charge on any atom is -0.391 e. The van der Waals surface area contributed by atoms with Gasteiger partial charge in [0.15, 0.2) is 0 Å². The lowest BCUT2D eigenvalue weighted by Crippen LogP contribution is -2.48. The number of aromatic amines is 1. The molecule has 2 N–H and O–H groups in total. The summed E-state index contributed by atoms with van der Waals surface area (Å²) in [6.07, 6.45) is 0.896. The monoisotopic (exact) mass is 468 g/mol. The molecular formula is C24H28N4O4S. The molecule has 1 amide bonds. The van der Waals surface area contributed by atoms with Crippen molar-refractivity contribution in [3.63, 3.8) is 0 Å². The van der Waals surface area contributed by atoms with Crippen LogP contribution >= 0.6 is 0 Å². The number of amides is 1. The number of sulfonamides is 1. The first-order valence-electron chi connectivity index (χ1n) is 11.2. The largest absolute Gasteiger partial charge is 0.391 e. The van der Waals surface area contributed by atoms with Crippen molar-refractivity contribution in [2.24, 2.45) is 0 Å². The highest BCUT2D eigenvalue weighted by molar-refractivity contribution is 7.89. The van der Waals surface area contributed by atoms with Crippen LogP contribution < -0.4 is 4.90 Å². The Balaban J connectivity index is 1.58. The fourth-order valence-electron chi connectivity index (χ4n) is 4.72. The summed E-state index contributed by atoms with van der Waals surface area (Å²) in [5.74, 6) is -0.128. The van der Waals surface area contributed by atoms with Gasteiger partial charge in [0.2, 0.25) is 15.9 Å². The second-order valence-corrected chi connectivity index (χ2v) is 10.7. The third-order valence-electron chi connectivity index (χ3n) is 6.54. The van der Waals surface area contributed by atoms with Crippen molar-refractivity contribution in [2.45, 2.75) is 30.8 Å². The van der Waals surface area contributed by atoms with Crippen LogP contribution in [0.2, 0.25) is 0 Å². The van der Waals surface area contributed by atoms with Crippen LogP contribution in [0.25, 0.3) is 22.2 Å². The highest BCUT2D eigenvalue weighted by Gasteiger charge is 2.31. The minimum absolute atomic E-state index is 0.0689. The molecule has 0 unspecified atom stereocenters. The molecule has 2 aliphatic heterocycles. The number of benzene rings is 2. The first-order valence-corrected chi connectivity index (χ1v) is 12.7. The minimum atomic E-state index is -3.78. The molecule has 0 bridgehead atoms. The maximum absolute atomic E-state index is 13.5. The van der Waals surface area contributed by atoms with Crippen LogP contribution in [0.1, 0.15) is 19.8 Å². The van der Waals surface area contributed by atoms with Gasteiger partial charge in [0.05, 0.1) is 17.7 Å². The number of anilines is 1. The number of fused-ring (bicyclic) bond motifs is 1. The van der Waals surface area contributed by atoms with Crippen molar-refractivity contribution < 1.29 is 18.3 Å². The van der Waals surface area contributed by atoms with Crippen LogP contribution in [0.15, 0.2) is 53.4 Å². The van der Waals surface area contributed by atoms with E-state index < -0.39 is 16.1 Å². The Morgan fingerprint density at radius 2 is 1.91 bits per heavy atom. The van der Waals surface area contributed by atoms with Crippen molar-refractivity contribution in [2.75, 3.05) is 37.7 Å².